The summed E-state index contributed by atoms with van der Waals surface area (Å²) < 4.78 is 6.40. The van der Waals surface area contributed by atoms with E-state index in [2.05, 4.69) is 15.2 Å². The van der Waals surface area contributed by atoms with E-state index in [9.17, 15) is 4.79 Å². The van der Waals surface area contributed by atoms with Crippen molar-refractivity contribution in [2.45, 2.75) is 0 Å². The number of aldehydes is 1. The molecule has 0 bridgehead atoms. The second kappa shape index (κ2) is 5.96. The first-order valence-corrected chi connectivity index (χ1v) is 7.88. The van der Waals surface area contributed by atoms with E-state index in [0.717, 1.165) is 65.2 Å². The summed E-state index contributed by atoms with van der Waals surface area (Å²) in [6.45, 7) is 5.59. The lowest BCUT2D eigenvalue weighted by atomic mass is 10.4. The Kier molecular flexibility index (Phi) is 4.07. The molecule has 3 heterocycles. The van der Waals surface area contributed by atoms with Crippen molar-refractivity contribution < 1.29 is 9.53 Å². The number of thiazole rings is 1. The van der Waals surface area contributed by atoms with E-state index < -0.39 is 0 Å². The van der Waals surface area contributed by atoms with Crippen LogP contribution in [0.3, 0.4) is 0 Å². The number of ether oxygens (including phenoxy) is 1. The molecule has 1 saturated heterocycles. The first-order valence-electron chi connectivity index (χ1n) is 6.25. The number of thiophene rings is 1. The van der Waals surface area contributed by atoms with Crippen molar-refractivity contribution in [3.05, 3.63) is 10.9 Å². The van der Waals surface area contributed by atoms with Gasteiger partial charge in [-0.05, 0) is 6.07 Å². The van der Waals surface area contributed by atoms with Crippen LogP contribution in [0.2, 0.25) is 0 Å². The Morgan fingerprint density at radius 3 is 3.00 bits per heavy atom. The average Bonchev–Trinajstić information content (AvgIpc) is 2.97. The third-order valence-corrected chi connectivity index (χ3v) is 5.08. The number of carbonyl (C=O) groups is 1. The standard InChI is InChI=1S/C12H15N3O2S2/c16-8-9-7-10-11(18-9)14-12(19-10)13-1-2-15-3-5-17-6-4-15/h7-8H,1-6H2,(H,13,14). The second-order valence-corrected chi connectivity index (χ2v) is 6.43. The highest BCUT2D eigenvalue weighted by atomic mass is 32.1. The van der Waals surface area contributed by atoms with Gasteiger partial charge in [0, 0.05) is 26.2 Å². The number of anilines is 1. The highest BCUT2D eigenvalue weighted by Gasteiger charge is 2.11. The Bertz CT molecular complexity index is 529. The van der Waals surface area contributed by atoms with Crippen molar-refractivity contribution in [2.75, 3.05) is 44.7 Å². The molecule has 2 aromatic heterocycles. The average molecular weight is 297 g/mol. The maximum absolute atomic E-state index is 10.7. The van der Waals surface area contributed by atoms with E-state index in [0.29, 0.717) is 0 Å². The molecule has 3 rings (SSSR count). The Balaban J connectivity index is 1.53. The topological polar surface area (TPSA) is 54.5 Å². The molecular weight excluding hydrogens is 282 g/mol. The number of hydrogen-bond donors (Lipinski definition) is 1. The van der Waals surface area contributed by atoms with Gasteiger partial charge in [0.2, 0.25) is 0 Å². The predicted molar refractivity (Wildman–Crippen MR) is 78.6 cm³/mol. The fraction of sp³-hybridized carbons (Fsp3) is 0.500. The lowest BCUT2D eigenvalue weighted by molar-refractivity contribution is 0.0398. The molecule has 19 heavy (non-hydrogen) atoms. The van der Waals surface area contributed by atoms with Crippen LogP contribution in [0.4, 0.5) is 5.13 Å². The summed E-state index contributed by atoms with van der Waals surface area (Å²) in [5, 5.41) is 4.29. The van der Waals surface area contributed by atoms with Crippen LogP contribution in [0.25, 0.3) is 9.53 Å². The predicted octanol–water partition coefficient (Wildman–Crippen LogP) is 1.91. The van der Waals surface area contributed by atoms with Crippen LogP contribution in [0.15, 0.2) is 6.07 Å². The molecule has 0 aromatic carbocycles. The molecule has 102 valence electrons. The second-order valence-electron chi connectivity index (χ2n) is 4.34. The van der Waals surface area contributed by atoms with E-state index in [1.807, 2.05) is 6.07 Å². The first kappa shape index (κ1) is 13.0. The highest BCUT2D eigenvalue weighted by molar-refractivity contribution is 7.29. The van der Waals surface area contributed by atoms with E-state index in [1.165, 1.54) is 11.3 Å². The minimum Gasteiger partial charge on any atom is -0.379 e. The molecule has 1 aliphatic heterocycles. The molecular formula is C12H15N3O2S2. The molecule has 1 N–H and O–H groups in total. The SMILES string of the molecule is O=Cc1cc2sc(NCCN3CCOCC3)nc2s1. The molecule has 7 heteroatoms. The lowest BCUT2D eigenvalue weighted by Crippen LogP contribution is -2.38. The van der Waals surface area contributed by atoms with E-state index in [-0.39, 0.29) is 0 Å². The largest absolute Gasteiger partial charge is 0.379 e. The number of hydrogen-bond acceptors (Lipinski definition) is 7. The van der Waals surface area contributed by atoms with E-state index in [1.54, 1.807) is 11.3 Å². The summed E-state index contributed by atoms with van der Waals surface area (Å²) in [4.78, 5) is 19.2. The van der Waals surface area contributed by atoms with E-state index >= 15 is 0 Å². The summed E-state index contributed by atoms with van der Waals surface area (Å²) >= 11 is 3.05. The van der Waals surface area contributed by atoms with Crippen LogP contribution >= 0.6 is 22.7 Å². The van der Waals surface area contributed by atoms with Crippen molar-refractivity contribution in [1.29, 1.82) is 0 Å². The number of rotatable bonds is 5. The van der Waals surface area contributed by atoms with Crippen LogP contribution in [0.5, 0.6) is 0 Å². The van der Waals surface area contributed by atoms with Crippen LogP contribution in [-0.2, 0) is 4.74 Å². The third-order valence-electron chi connectivity index (χ3n) is 3.03. The van der Waals surface area contributed by atoms with Crippen molar-refractivity contribution >= 4 is 43.6 Å². The number of morpholine rings is 1. The van der Waals surface area contributed by atoms with Gasteiger partial charge < -0.3 is 10.1 Å². The zero-order valence-electron chi connectivity index (χ0n) is 10.4. The molecule has 0 radical (unpaired) electrons. The number of carbonyl (C=O) groups excluding carboxylic acids is 1. The number of fused-ring (bicyclic) bond motifs is 1. The van der Waals surface area contributed by atoms with Gasteiger partial charge in [-0.15, -0.1) is 11.3 Å². The lowest BCUT2D eigenvalue weighted by Gasteiger charge is -2.26. The van der Waals surface area contributed by atoms with Crippen molar-refractivity contribution in [1.82, 2.24) is 9.88 Å². The van der Waals surface area contributed by atoms with Gasteiger partial charge in [-0.25, -0.2) is 4.98 Å². The zero-order valence-corrected chi connectivity index (χ0v) is 12.1. The van der Waals surface area contributed by atoms with Crippen LogP contribution < -0.4 is 5.32 Å². The smallest absolute Gasteiger partial charge is 0.184 e. The molecule has 0 spiro atoms. The number of nitrogens with one attached hydrogen (secondary N) is 1. The van der Waals surface area contributed by atoms with Crippen LogP contribution in [0, 0.1) is 0 Å². The van der Waals surface area contributed by atoms with Crippen LogP contribution in [0.1, 0.15) is 9.67 Å². The normalized spacial score (nSPS) is 16.8. The zero-order chi connectivity index (χ0) is 13.1. The Morgan fingerprint density at radius 2 is 2.26 bits per heavy atom. The maximum atomic E-state index is 10.7. The summed E-state index contributed by atoms with van der Waals surface area (Å²) in [6, 6.07) is 1.90. The molecule has 1 aliphatic rings. The molecule has 5 nitrogen and oxygen atoms in total. The van der Waals surface area contributed by atoms with Gasteiger partial charge in [-0.2, -0.15) is 0 Å². The molecule has 2 aromatic rings. The van der Waals surface area contributed by atoms with Crippen molar-refractivity contribution in [3.63, 3.8) is 0 Å². The van der Waals surface area contributed by atoms with E-state index in [4.69, 9.17) is 4.74 Å². The minimum atomic E-state index is 0.744. The Hall–Kier alpha value is -1.02. The van der Waals surface area contributed by atoms with Gasteiger partial charge in [0.25, 0.3) is 0 Å². The van der Waals surface area contributed by atoms with Gasteiger partial charge in [0.05, 0.1) is 22.8 Å². The maximum Gasteiger partial charge on any atom is 0.184 e. The Morgan fingerprint density at radius 1 is 1.42 bits per heavy atom. The summed E-state index contributed by atoms with van der Waals surface area (Å²) in [5.74, 6) is 0. The third kappa shape index (κ3) is 3.11. The Labute approximate surface area is 119 Å². The number of aromatic nitrogens is 1. The van der Waals surface area contributed by atoms with Gasteiger partial charge in [-0.3, -0.25) is 9.69 Å². The molecule has 0 aliphatic carbocycles. The summed E-state index contributed by atoms with van der Waals surface area (Å²) in [5.41, 5.74) is 0. The van der Waals surface area contributed by atoms with Gasteiger partial charge in [0.1, 0.15) is 4.83 Å². The first-order chi connectivity index (χ1) is 9.35. The molecule has 0 amide bonds. The quantitative estimate of drug-likeness (QED) is 0.855. The summed E-state index contributed by atoms with van der Waals surface area (Å²) in [6.07, 6.45) is 0.880. The fourth-order valence-electron chi connectivity index (χ4n) is 2.03. The van der Waals surface area contributed by atoms with Gasteiger partial charge >= 0.3 is 0 Å². The molecule has 1 fully saturated rings. The molecule has 0 saturated carbocycles. The summed E-state index contributed by atoms with van der Waals surface area (Å²) in [7, 11) is 0. The number of nitrogens with zero attached hydrogens (tertiary/aromatic N) is 2. The highest BCUT2D eigenvalue weighted by Crippen LogP contribution is 2.31. The fourth-order valence-corrected chi connectivity index (χ4v) is 4.00. The molecule has 0 unspecified atom stereocenters. The minimum absolute atomic E-state index is 0.744. The van der Waals surface area contributed by atoms with Crippen molar-refractivity contribution in [2.24, 2.45) is 0 Å². The van der Waals surface area contributed by atoms with Crippen LogP contribution in [-0.4, -0.2) is 55.6 Å². The van der Waals surface area contributed by atoms with Gasteiger partial charge in [-0.1, -0.05) is 11.3 Å². The monoisotopic (exact) mass is 297 g/mol. The van der Waals surface area contributed by atoms with Gasteiger partial charge in [0.15, 0.2) is 11.4 Å². The van der Waals surface area contributed by atoms with Crippen molar-refractivity contribution in [3.8, 4) is 0 Å². The molecule has 0 atom stereocenters.